The lowest BCUT2D eigenvalue weighted by atomic mass is 10.1. The van der Waals surface area contributed by atoms with Crippen LogP contribution >= 0.6 is 35.6 Å². The molecular formula is C14H9ClS2. The second kappa shape index (κ2) is 4.37. The van der Waals surface area contributed by atoms with Gasteiger partial charge in [0.2, 0.25) is 0 Å². The molecule has 2 aromatic carbocycles. The molecule has 0 bridgehead atoms. The van der Waals surface area contributed by atoms with E-state index >= 15 is 0 Å². The highest BCUT2D eigenvalue weighted by atomic mass is 35.5. The molecule has 0 radical (unpaired) electrons. The van der Waals surface area contributed by atoms with Crippen LogP contribution in [0.5, 0.6) is 0 Å². The third kappa shape index (κ3) is 1.97. The van der Waals surface area contributed by atoms with Gasteiger partial charge >= 0.3 is 0 Å². The molecule has 0 atom stereocenters. The monoisotopic (exact) mass is 276 g/mol. The quantitative estimate of drug-likeness (QED) is 0.557. The zero-order valence-corrected chi connectivity index (χ0v) is 11.3. The fraction of sp³-hybridized carbons (Fsp3) is 0. The van der Waals surface area contributed by atoms with Gasteiger partial charge in [0.05, 0.1) is 4.21 Å². The van der Waals surface area contributed by atoms with Gasteiger partial charge < -0.3 is 0 Å². The van der Waals surface area contributed by atoms with Crippen LogP contribution in [-0.2, 0) is 0 Å². The first kappa shape index (κ1) is 11.1. The van der Waals surface area contributed by atoms with E-state index < -0.39 is 0 Å². The molecule has 0 aliphatic rings. The normalized spacial score (nSPS) is 10.9. The van der Waals surface area contributed by atoms with Crippen molar-refractivity contribution in [3.8, 4) is 11.1 Å². The van der Waals surface area contributed by atoms with Crippen molar-refractivity contribution in [2.45, 2.75) is 4.21 Å². The van der Waals surface area contributed by atoms with Crippen molar-refractivity contribution in [1.82, 2.24) is 0 Å². The van der Waals surface area contributed by atoms with E-state index in [1.165, 1.54) is 21.2 Å². The van der Waals surface area contributed by atoms with E-state index in [1.807, 2.05) is 30.3 Å². The summed E-state index contributed by atoms with van der Waals surface area (Å²) in [5.41, 5.74) is 2.36. The Morgan fingerprint density at radius 3 is 2.53 bits per heavy atom. The summed E-state index contributed by atoms with van der Waals surface area (Å²) in [6.07, 6.45) is 0. The number of hydrogen-bond acceptors (Lipinski definition) is 2. The standard InChI is InChI=1S/C14H9ClS2/c15-10-6-7-12-11(8-10)13(14(16)17-12)9-4-2-1-3-5-9/h1-8,16H. The minimum atomic E-state index is 0.765. The topological polar surface area (TPSA) is 0 Å². The maximum absolute atomic E-state index is 6.07. The zero-order chi connectivity index (χ0) is 11.8. The second-order valence-corrected chi connectivity index (χ2v) is 6.03. The number of benzene rings is 2. The van der Waals surface area contributed by atoms with Gasteiger partial charge in [0.1, 0.15) is 0 Å². The van der Waals surface area contributed by atoms with E-state index in [0.717, 1.165) is 9.23 Å². The Hall–Kier alpha value is -0.960. The molecule has 0 fully saturated rings. The minimum absolute atomic E-state index is 0.765. The lowest BCUT2D eigenvalue weighted by molar-refractivity contribution is 1.63. The third-order valence-corrected chi connectivity index (χ3v) is 4.40. The summed E-state index contributed by atoms with van der Waals surface area (Å²) in [5, 5.41) is 1.94. The number of rotatable bonds is 1. The SMILES string of the molecule is Sc1sc2ccc(Cl)cc2c1-c1ccccc1. The molecule has 1 aromatic heterocycles. The molecule has 3 aromatic rings. The van der Waals surface area contributed by atoms with Crippen LogP contribution in [0.25, 0.3) is 21.2 Å². The highest BCUT2D eigenvalue weighted by Gasteiger charge is 2.11. The Morgan fingerprint density at radius 2 is 1.76 bits per heavy atom. The molecule has 0 nitrogen and oxygen atoms in total. The lowest BCUT2D eigenvalue weighted by Gasteiger charge is -2.01. The Labute approximate surface area is 114 Å². The summed E-state index contributed by atoms with van der Waals surface area (Å²) in [7, 11) is 0. The van der Waals surface area contributed by atoms with Crippen LogP contribution in [0.4, 0.5) is 0 Å². The first-order valence-electron chi connectivity index (χ1n) is 5.22. The van der Waals surface area contributed by atoms with E-state index in [-0.39, 0.29) is 0 Å². The van der Waals surface area contributed by atoms with Crippen LogP contribution in [0.2, 0.25) is 5.02 Å². The molecule has 0 N–H and O–H groups in total. The molecule has 0 aliphatic carbocycles. The number of fused-ring (bicyclic) bond motifs is 1. The van der Waals surface area contributed by atoms with E-state index in [9.17, 15) is 0 Å². The van der Waals surface area contributed by atoms with Crippen LogP contribution in [0.1, 0.15) is 0 Å². The average Bonchev–Trinajstić information content (AvgIpc) is 2.65. The maximum Gasteiger partial charge on any atom is 0.0659 e. The van der Waals surface area contributed by atoms with Crippen LogP contribution in [-0.4, -0.2) is 0 Å². The smallest absolute Gasteiger partial charge is 0.0659 e. The molecule has 3 heteroatoms. The predicted molar refractivity (Wildman–Crippen MR) is 79.5 cm³/mol. The van der Waals surface area contributed by atoms with Crippen LogP contribution in [0.3, 0.4) is 0 Å². The van der Waals surface area contributed by atoms with Gasteiger partial charge in [-0.15, -0.1) is 24.0 Å². The summed E-state index contributed by atoms with van der Waals surface area (Å²) in [4.78, 5) is 0. The van der Waals surface area contributed by atoms with Gasteiger partial charge in [0.15, 0.2) is 0 Å². The molecule has 3 rings (SSSR count). The van der Waals surface area contributed by atoms with Crippen molar-refractivity contribution < 1.29 is 0 Å². The Bertz CT molecular complexity index is 671. The fourth-order valence-corrected chi connectivity index (χ4v) is 3.60. The number of halogens is 1. The molecule has 0 spiro atoms. The highest BCUT2D eigenvalue weighted by molar-refractivity contribution is 7.83. The number of thiophene rings is 1. The molecule has 84 valence electrons. The van der Waals surface area contributed by atoms with Gasteiger partial charge in [-0.25, -0.2) is 0 Å². The van der Waals surface area contributed by atoms with E-state index in [0.29, 0.717) is 0 Å². The van der Waals surface area contributed by atoms with E-state index in [1.54, 1.807) is 11.3 Å². The lowest BCUT2D eigenvalue weighted by Crippen LogP contribution is -1.75. The molecule has 0 saturated heterocycles. The second-order valence-electron chi connectivity index (χ2n) is 3.79. The first-order chi connectivity index (χ1) is 8.25. The minimum Gasteiger partial charge on any atom is -0.132 e. The molecule has 0 amide bonds. The van der Waals surface area contributed by atoms with Gasteiger partial charge in [-0.2, -0.15) is 0 Å². The molecule has 17 heavy (non-hydrogen) atoms. The zero-order valence-electron chi connectivity index (χ0n) is 8.85. The molecule has 0 unspecified atom stereocenters. The van der Waals surface area contributed by atoms with Crippen molar-refractivity contribution in [3.63, 3.8) is 0 Å². The summed E-state index contributed by atoms with van der Waals surface area (Å²) in [6, 6.07) is 16.3. The van der Waals surface area contributed by atoms with Crippen molar-refractivity contribution in [2.75, 3.05) is 0 Å². The van der Waals surface area contributed by atoms with E-state index in [4.69, 9.17) is 11.6 Å². The number of hydrogen-bond donors (Lipinski definition) is 1. The van der Waals surface area contributed by atoms with Crippen LogP contribution < -0.4 is 0 Å². The molecular weight excluding hydrogens is 268 g/mol. The fourth-order valence-electron chi connectivity index (χ4n) is 1.94. The van der Waals surface area contributed by atoms with Gasteiger partial charge in [0, 0.05) is 20.7 Å². The summed E-state index contributed by atoms with van der Waals surface area (Å²) >= 11 is 12.3. The van der Waals surface area contributed by atoms with Gasteiger partial charge in [-0.3, -0.25) is 0 Å². The van der Waals surface area contributed by atoms with E-state index in [2.05, 4.69) is 30.8 Å². The molecule has 0 aliphatic heterocycles. The summed E-state index contributed by atoms with van der Waals surface area (Å²) in [5.74, 6) is 0. The van der Waals surface area contributed by atoms with Crippen LogP contribution in [0.15, 0.2) is 52.7 Å². The van der Waals surface area contributed by atoms with Crippen molar-refractivity contribution in [3.05, 3.63) is 53.6 Å². The van der Waals surface area contributed by atoms with Crippen molar-refractivity contribution in [1.29, 1.82) is 0 Å². The van der Waals surface area contributed by atoms with Gasteiger partial charge in [0.25, 0.3) is 0 Å². The Morgan fingerprint density at radius 1 is 1.00 bits per heavy atom. The molecule has 0 saturated carbocycles. The van der Waals surface area contributed by atoms with Crippen LogP contribution in [0, 0.1) is 0 Å². The number of thiol groups is 1. The maximum atomic E-state index is 6.07. The van der Waals surface area contributed by atoms with Crippen molar-refractivity contribution in [2.24, 2.45) is 0 Å². The van der Waals surface area contributed by atoms with Gasteiger partial charge in [-0.1, -0.05) is 41.9 Å². The third-order valence-electron chi connectivity index (χ3n) is 2.69. The summed E-state index contributed by atoms with van der Waals surface area (Å²) < 4.78 is 2.26. The average molecular weight is 277 g/mol. The summed E-state index contributed by atoms with van der Waals surface area (Å²) in [6.45, 7) is 0. The largest absolute Gasteiger partial charge is 0.132 e. The van der Waals surface area contributed by atoms with Crippen molar-refractivity contribution >= 4 is 45.7 Å². The Balaban J connectivity index is 2.35. The predicted octanol–water partition coefficient (Wildman–Crippen LogP) is 5.51. The van der Waals surface area contributed by atoms with Gasteiger partial charge in [-0.05, 0) is 23.8 Å². The highest BCUT2D eigenvalue weighted by Crippen LogP contribution is 2.41. The molecule has 1 heterocycles. The Kier molecular flexibility index (Phi) is 2.87. The first-order valence-corrected chi connectivity index (χ1v) is 6.86.